The summed E-state index contributed by atoms with van der Waals surface area (Å²) in [5.74, 6) is 0.741. The first-order valence-corrected chi connectivity index (χ1v) is 10.4. The van der Waals surface area contributed by atoms with Crippen molar-refractivity contribution < 1.29 is 0 Å². The molecule has 0 spiro atoms. The van der Waals surface area contributed by atoms with E-state index in [-0.39, 0.29) is 0 Å². The van der Waals surface area contributed by atoms with E-state index in [0.717, 1.165) is 42.2 Å². The molecule has 8 heteroatoms. The zero-order valence-corrected chi connectivity index (χ0v) is 17.0. The summed E-state index contributed by atoms with van der Waals surface area (Å²) < 4.78 is 1.87. The van der Waals surface area contributed by atoms with Crippen molar-refractivity contribution in [2.24, 2.45) is 0 Å². The van der Waals surface area contributed by atoms with Crippen LogP contribution in [0.3, 0.4) is 0 Å². The smallest absolute Gasteiger partial charge is 0.180 e. The molecular formula is C20H19ClN6S. The van der Waals surface area contributed by atoms with Gasteiger partial charge in [-0.3, -0.25) is 0 Å². The fourth-order valence-electron chi connectivity index (χ4n) is 3.51. The molecule has 0 saturated carbocycles. The topological polar surface area (TPSA) is 58.9 Å². The zero-order valence-electron chi connectivity index (χ0n) is 15.4. The highest BCUT2D eigenvalue weighted by atomic mass is 35.5. The van der Waals surface area contributed by atoms with E-state index in [1.165, 1.54) is 15.3 Å². The van der Waals surface area contributed by atoms with E-state index < -0.39 is 0 Å². The van der Waals surface area contributed by atoms with E-state index >= 15 is 0 Å². The second-order valence-electron chi connectivity index (χ2n) is 7.07. The summed E-state index contributed by atoms with van der Waals surface area (Å²) in [5.41, 5.74) is 3.90. The summed E-state index contributed by atoms with van der Waals surface area (Å²) in [5, 5.41) is 12.6. The van der Waals surface area contributed by atoms with Gasteiger partial charge in [-0.1, -0.05) is 22.9 Å². The Hall–Kier alpha value is -2.48. The molecule has 4 heterocycles. The van der Waals surface area contributed by atoms with E-state index in [0.29, 0.717) is 11.6 Å². The molecule has 1 aromatic carbocycles. The van der Waals surface area contributed by atoms with E-state index in [4.69, 9.17) is 16.6 Å². The van der Waals surface area contributed by atoms with Crippen LogP contribution in [-0.2, 0) is 19.5 Å². The number of fused-ring (bicyclic) bond motifs is 2. The van der Waals surface area contributed by atoms with Crippen molar-refractivity contribution in [3.63, 3.8) is 0 Å². The Bertz CT molecular complexity index is 1150. The van der Waals surface area contributed by atoms with Gasteiger partial charge in [0.2, 0.25) is 0 Å². The van der Waals surface area contributed by atoms with Crippen molar-refractivity contribution in [2.45, 2.75) is 19.5 Å². The quantitative estimate of drug-likeness (QED) is 0.543. The van der Waals surface area contributed by atoms with Crippen LogP contribution in [0.4, 0.5) is 11.5 Å². The molecule has 6 nitrogen and oxygen atoms in total. The number of likely N-dealkylation sites (N-methyl/N-ethyl adjacent to an activating group) is 1. The predicted molar refractivity (Wildman–Crippen MR) is 114 cm³/mol. The highest BCUT2D eigenvalue weighted by molar-refractivity contribution is 7.12. The molecule has 5 rings (SSSR count). The van der Waals surface area contributed by atoms with E-state index in [1.54, 1.807) is 0 Å². The monoisotopic (exact) mass is 410 g/mol. The number of benzene rings is 1. The lowest BCUT2D eigenvalue weighted by atomic mass is 10.1. The van der Waals surface area contributed by atoms with Gasteiger partial charge in [-0.25, -0.2) is 9.67 Å². The van der Waals surface area contributed by atoms with Gasteiger partial charge in [-0.15, -0.1) is 16.4 Å². The Balaban J connectivity index is 1.42. The maximum atomic E-state index is 6.07. The summed E-state index contributed by atoms with van der Waals surface area (Å²) in [6, 6.07) is 13.7. The number of hydrogen-bond donors (Lipinski definition) is 1. The first-order chi connectivity index (χ1) is 13.6. The van der Waals surface area contributed by atoms with E-state index in [1.807, 2.05) is 52.4 Å². The second kappa shape index (κ2) is 7.16. The fourth-order valence-corrected chi connectivity index (χ4v) is 4.85. The van der Waals surface area contributed by atoms with Crippen molar-refractivity contribution in [1.29, 1.82) is 0 Å². The van der Waals surface area contributed by atoms with Crippen LogP contribution >= 0.6 is 22.9 Å². The summed E-state index contributed by atoms with van der Waals surface area (Å²) >= 11 is 7.95. The minimum Gasteiger partial charge on any atom is -0.340 e. The predicted octanol–water partition coefficient (Wildman–Crippen LogP) is 4.32. The lowest BCUT2D eigenvalue weighted by Crippen LogP contribution is -2.25. The van der Waals surface area contributed by atoms with Gasteiger partial charge < -0.3 is 10.2 Å². The molecule has 28 heavy (non-hydrogen) atoms. The average Bonchev–Trinajstić information content (AvgIpc) is 3.25. The summed E-state index contributed by atoms with van der Waals surface area (Å²) in [4.78, 5) is 9.88. The van der Waals surface area contributed by atoms with Gasteiger partial charge in [0.15, 0.2) is 5.65 Å². The lowest BCUT2D eigenvalue weighted by Gasteiger charge is -2.21. The molecule has 1 aliphatic heterocycles. The Labute approximate surface area is 171 Å². The number of thiophene rings is 1. The highest BCUT2D eigenvalue weighted by Gasteiger charge is 2.17. The van der Waals surface area contributed by atoms with Crippen molar-refractivity contribution in [2.75, 3.05) is 18.9 Å². The molecule has 142 valence electrons. The Kier molecular flexibility index (Phi) is 4.50. The molecule has 0 fully saturated rings. The van der Waals surface area contributed by atoms with Crippen LogP contribution in [0.15, 0.2) is 42.5 Å². The molecule has 1 N–H and O–H groups in total. The highest BCUT2D eigenvalue weighted by Crippen LogP contribution is 2.28. The van der Waals surface area contributed by atoms with Crippen LogP contribution in [-0.4, -0.2) is 38.5 Å². The molecule has 0 atom stereocenters. The van der Waals surface area contributed by atoms with Crippen molar-refractivity contribution in [3.05, 3.63) is 62.8 Å². The number of pyridine rings is 1. The lowest BCUT2D eigenvalue weighted by molar-refractivity contribution is 0.315. The van der Waals surface area contributed by atoms with Crippen LogP contribution in [0, 0.1) is 0 Å². The molecule has 0 aliphatic carbocycles. The van der Waals surface area contributed by atoms with Gasteiger partial charge >= 0.3 is 0 Å². The van der Waals surface area contributed by atoms with Gasteiger partial charge in [0.25, 0.3) is 0 Å². The molecule has 0 bridgehead atoms. The summed E-state index contributed by atoms with van der Waals surface area (Å²) in [6.07, 6.45) is 1.13. The molecule has 0 unspecified atom stereocenters. The number of rotatable bonds is 4. The summed E-state index contributed by atoms with van der Waals surface area (Å²) in [7, 11) is 2.17. The van der Waals surface area contributed by atoms with Crippen molar-refractivity contribution in [3.8, 4) is 0 Å². The second-order valence-corrected chi connectivity index (χ2v) is 8.73. The molecular weight excluding hydrogens is 392 g/mol. The van der Waals surface area contributed by atoms with Crippen molar-refractivity contribution >= 4 is 45.6 Å². The minimum atomic E-state index is 0.685. The van der Waals surface area contributed by atoms with Gasteiger partial charge in [0.05, 0.1) is 6.54 Å². The average molecular weight is 411 g/mol. The van der Waals surface area contributed by atoms with Crippen LogP contribution in [0.1, 0.15) is 15.3 Å². The summed E-state index contributed by atoms with van der Waals surface area (Å²) in [6.45, 7) is 2.83. The first-order valence-electron chi connectivity index (χ1n) is 9.16. The third kappa shape index (κ3) is 3.48. The van der Waals surface area contributed by atoms with Crippen molar-refractivity contribution in [1.82, 2.24) is 24.9 Å². The van der Waals surface area contributed by atoms with Gasteiger partial charge in [0.1, 0.15) is 11.3 Å². The number of halogens is 1. The number of anilines is 2. The Morgan fingerprint density at radius 3 is 3.04 bits per heavy atom. The van der Waals surface area contributed by atoms with Crippen LogP contribution in [0.2, 0.25) is 5.02 Å². The third-order valence-electron chi connectivity index (χ3n) is 4.87. The molecule has 4 aromatic rings. The Morgan fingerprint density at radius 2 is 2.14 bits per heavy atom. The standard InChI is InChI=1S/C20H19ClN6S/c1-26-8-7-18-13(11-26)9-16(28-18)12-27-20-17(24-25-27)5-6-19(23-20)22-15-4-2-3-14(21)10-15/h2-6,9-10H,7-8,11-12H2,1H3,(H,22,23). The van der Waals surface area contributed by atoms with Crippen LogP contribution in [0.25, 0.3) is 11.2 Å². The molecule has 1 aliphatic rings. The first kappa shape index (κ1) is 17.6. The van der Waals surface area contributed by atoms with Gasteiger partial charge in [0, 0.05) is 33.6 Å². The fraction of sp³-hybridized carbons (Fsp3) is 0.250. The molecule has 0 saturated heterocycles. The van der Waals surface area contributed by atoms with E-state index in [9.17, 15) is 0 Å². The maximum absolute atomic E-state index is 6.07. The number of nitrogens with zero attached hydrogens (tertiary/aromatic N) is 5. The molecule has 0 amide bonds. The number of aromatic nitrogens is 4. The zero-order chi connectivity index (χ0) is 19.1. The maximum Gasteiger partial charge on any atom is 0.180 e. The van der Waals surface area contributed by atoms with Gasteiger partial charge in [-0.2, -0.15) is 0 Å². The number of hydrogen-bond acceptors (Lipinski definition) is 6. The third-order valence-corrected chi connectivity index (χ3v) is 6.33. The SMILES string of the molecule is CN1CCc2sc(Cn3nnc4ccc(Nc5cccc(Cl)c5)nc43)cc2C1. The normalized spacial score (nSPS) is 14.4. The number of nitrogens with one attached hydrogen (secondary N) is 1. The van der Waals surface area contributed by atoms with Crippen LogP contribution < -0.4 is 5.32 Å². The van der Waals surface area contributed by atoms with E-state index in [2.05, 4.69) is 33.6 Å². The molecule has 0 radical (unpaired) electrons. The van der Waals surface area contributed by atoms with Crippen LogP contribution in [0.5, 0.6) is 0 Å². The largest absolute Gasteiger partial charge is 0.340 e. The Morgan fingerprint density at radius 1 is 1.21 bits per heavy atom. The molecule has 3 aromatic heterocycles. The minimum absolute atomic E-state index is 0.685. The van der Waals surface area contributed by atoms with Gasteiger partial charge in [-0.05, 0) is 55.4 Å².